The lowest BCUT2D eigenvalue weighted by Crippen LogP contribution is -2.55. The highest BCUT2D eigenvalue weighted by atomic mass is 16.4. The van der Waals surface area contributed by atoms with Gasteiger partial charge in [-0.25, -0.2) is 4.48 Å². The van der Waals surface area contributed by atoms with Gasteiger partial charge in [0, 0.05) is 5.56 Å². The van der Waals surface area contributed by atoms with Crippen LogP contribution in [0.5, 0.6) is 0 Å². The van der Waals surface area contributed by atoms with Crippen molar-refractivity contribution in [1.82, 2.24) is 0 Å². The second-order valence-electron chi connectivity index (χ2n) is 4.56. The van der Waals surface area contributed by atoms with Crippen LogP contribution in [0.1, 0.15) is 18.4 Å². The van der Waals surface area contributed by atoms with Crippen molar-refractivity contribution in [3.63, 3.8) is 0 Å². The smallest absolute Gasteiger partial charge is 0.435 e. The molecule has 0 spiro atoms. The summed E-state index contributed by atoms with van der Waals surface area (Å²) in [5, 5.41) is 9.40. The molecule has 1 N–H and O–H groups in total. The Kier molecular flexibility index (Phi) is 3.24. The summed E-state index contributed by atoms with van der Waals surface area (Å²) in [7, 11) is 0. The summed E-state index contributed by atoms with van der Waals surface area (Å²) in [5.41, 5.74) is 1.00. The highest BCUT2D eigenvalue weighted by Gasteiger charge is 2.40. The lowest BCUT2D eigenvalue weighted by atomic mass is 10.1. The number of carbonyl (C=O) groups is 2. The van der Waals surface area contributed by atoms with Crippen molar-refractivity contribution in [2.75, 3.05) is 13.1 Å². The fourth-order valence-electron chi connectivity index (χ4n) is 2.26. The number of rotatable bonds is 2. The van der Waals surface area contributed by atoms with Crippen LogP contribution >= 0.6 is 0 Å². The number of benzene rings is 1. The van der Waals surface area contributed by atoms with Crippen LogP contribution in [0.2, 0.25) is 0 Å². The number of hydrogen-bond acceptors (Lipinski definition) is 2. The molecule has 2 rings (SSSR count). The first kappa shape index (κ1) is 11.8. The maximum atomic E-state index is 11.4. The van der Waals surface area contributed by atoms with Crippen LogP contribution in [0.3, 0.4) is 0 Å². The Hall–Kier alpha value is -1.68. The molecule has 4 heteroatoms. The van der Waals surface area contributed by atoms with Gasteiger partial charge >= 0.3 is 6.09 Å². The van der Waals surface area contributed by atoms with Crippen molar-refractivity contribution in [2.24, 2.45) is 0 Å². The van der Waals surface area contributed by atoms with Gasteiger partial charge in [-0.1, -0.05) is 30.3 Å². The van der Waals surface area contributed by atoms with Crippen LogP contribution < -0.4 is 0 Å². The Morgan fingerprint density at radius 2 is 1.76 bits per heavy atom. The number of Topliss-reactive ketones (excluding diaryl/α,β-unsaturated/α-hetero) is 1. The third-order valence-electron chi connectivity index (χ3n) is 3.37. The summed E-state index contributed by atoms with van der Waals surface area (Å²) in [4.78, 5) is 22.7. The Bertz CT molecular complexity index is 418. The maximum Gasteiger partial charge on any atom is 0.513 e. The lowest BCUT2D eigenvalue weighted by Gasteiger charge is -2.35. The lowest BCUT2D eigenvalue weighted by molar-refractivity contribution is -0.872. The minimum Gasteiger partial charge on any atom is -0.435 e. The monoisotopic (exact) mass is 234 g/mol. The molecule has 1 amide bonds. The van der Waals surface area contributed by atoms with E-state index < -0.39 is 6.09 Å². The summed E-state index contributed by atoms with van der Waals surface area (Å²) < 4.78 is -0.0181. The summed E-state index contributed by atoms with van der Waals surface area (Å²) >= 11 is 0. The zero-order valence-corrected chi connectivity index (χ0v) is 9.63. The Labute approximate surface area is 100 Å². The van der Waals surface area contributed by atoms with Gasteiger partial charge in [0.25, 0.3) is 0 Å². The summed E-state index contributed by atoms with van der Waals surface area (Å²) in [6.45, 7) is 1.27. The molecule has 0 aliphatic carbocycles. The first-order valence-electron chi connectivity index (χ1n) is 5.78. The molecule has 1 heterocycles. The van der Waals surface area contributed by atoms with Crippen LogP contribution in [-0.4, -0.2) is 34.6 Å². The Morgan fingerprint density at radius 1 is 1.18 bits per heavy atom. The quantitative estimate of drug-likeness (QED) is 0.797. The number of carbonyl (C=O) groups excluding carboxylic acids is 1. The maximum absolute atomic E-state index is 11.4. The van der Waals surface area contributed by atoms with Gasteiger partial charge in [-0.15, -0.1) is 0 Å². The molecule has 0 atom stereocenters. The van der Waals surface area contributed by atoms with E-state index in [1.165, 1.54) is 0 Å². The number of nitrogens with zero attached hydrogens (tertiary/aromatic N) is 1. The normalized spacial score (nSPS) is 18.9. The van der Waals surface area contributed by atoms with Crippen LogP contribution in [0.25, 0.3) is 0 Å². The van der Waals surface area contributed by atoms with E-state index in [1.54, 1.807) is 0 Å². The van der Waals surface area contributed by atoms with Gasteiger partial charge in [0.15, 0.2) is 0 Å². The molecule has 0 unspecified atom stereocenters. The van der Waals surface area contributed by atoms with E-state index in [1.807, 2.05) is 30.3 Å². The van der Waals surface area contributed by atoms with Crippen LogP contribution in [0.15, 0.2) is 30.3 Å². The van der Waals surface area contributed by atoms with E-state index in [-0.39, 0.29) is 10.3 Å². The largest absolute Gasteiger partial charge is 0.513 e. The van der Waals surface area contributed by atoms with Crippen molar-refractivity contribution >= 4 is 11.9 Å². The predicted octanol–water partition coefficient (Wildman–Crippen LogP) is 2.04. The molecule has 17 heavy (non-hydrogen) atoms. The number of piperidine rings is 1. The van der Waals surface area contributed by atoms with E-state index >= 15 is 0 Å². The molecule has 1 saturated heterocycles. The minimum atomic E-state index is -0.832. The molecule has 1 aromatic carbocycles. The van der Waals surface area contributed by atoms with Crippen molar-refractivity contribution in [2.45, 2.75) is 19.4 Å². The number of ketones is 1. The second-order valence-corrected chi connectivity index (χ2v) is 4.56. The van der Waals surface area contributed by atoms with Crippen molar-refractivity contribution < 1.29 is 19.2 Å². The van der Waals surface area contributed by atoms with Crippen molar-refractivity contribution in [1.29, 1.82) is 0 Å². The van der Waals surface area contributed by atoms with Gasteiger partial charge < -0.3 is 5.11 Å². The zero-order valence-electron chi connectivity index (χ0n) is 9.63. The van der Waals surface area contributed by atoms with E-state index in [0.717, 1.165) is 5.56 Å². The van der Waals surface area contributed by atoms with E-state index in [4.69, 9.17) is 0 Å². The summed E-state index contributed by atoms with van der Waals surface area (Å²) in [6, 6.07) is 9.58. The predicted molar refractivity (Wildman–Crippen MR) is 62.4 cm³/mol. The van der Waals surface area contributed by atoms with Gasteiger partial charge in [0.1, 0.15) is 12.3 Å². The molecule has 90 valence electrons. The van der Waals surface area contributed by atoms with Crippen LogP contribution in [0, 0.1) is 0 Å². The van der Waals surface area contributed by atoms with Gasteiger partial charge in [-0.3, -0.25) is 4.79 Å². The highest BCUT2D eigenvalue weighted by molar-refractivity contribution is 5.79. The SMILES string of the molecule is O=C1CC[N+](Cc2ccccc2)(C(=O)O)CC1. The molecule has 1 aromatic rings. The van der Waals surface area contributed by atoms with E-state index in [2.05, 4.69) is 0 Å². The first-order valence-corrected chi connectivity index (χ1v) is 5.78. The van der Waals surface area contributed by atoms with Gasteiger partial charge in [-0.05, 0) is 0 Å². The summed E-state index contributed by atoms with van der Waals surface area (Å²) in [5.74, 6) is 0.174. The molecule has 0 bridgehead atoms. The highest BCUT2D eigenvalue weighted by Crippen LogP contribution is 2.21. The van der Waals surface area contributed by atoms with E-state index in [0.29, 0.717) is 32.5 Å². The van der Waals surface area contributed by atoms with Crippen molar-refractivity contribution in [3.8, 4) is 0 Å². The number of hydrogen-bond donors (Lipinski definition) is 1. The van der Waals surface area contributed by atoms with Crippen LogP contribution in [0.4, 0.5) is 4.79 Å². The fourth-order valence-corrected chi connectivity index (χ4v) is 2.26. The number of quaternary nitrogens is 1. The van der Waals surface area contributed by atoms with E-state index in [9.17, 15) is 14.7 Å². The number of carboxylic acid groups (broad SMARTS) is 1. The molecule has 1 fully saturated rings. The number of amides is 1. The minimum absolute atomic E-state index is 0.0181. The topological polar surface area (TPSA) is 54.4 Å². The standard InChI is InChI=1S/C13H15NO3/c15-12-6-8-14(9-7-12,13(16)17)10-11-4-2-1-3-5-11/h1-5H,6-10H2/p+1. The Morgan fingerprint density at radius 3 is 2.29 bits per heavy atom. The second kappa shape index (κ2) is 4.67. The molecule has 0 saturated carbocycles. The Balaban J connectivity index is 2.18. The number of likely N-dealkylation sites (tertiary alicyclic amines) is 1. The molecule has 1 aliphatic heterocycles. The van der Waals surface area contributed by atoms with Crippen molar-refractivity contribution in [3.05, 3.63) is 35.9 Å². The molecular formula is C13H16NO3+. The molecule has 4 nitrogen and oxygen atoms in total. The average molecular weight is 234 g/mol. The molecule has 1 aliphatic rings. The molecular weight excluding hydrogens is 218 g/mol. The van der Waals surface area contributed by atoms with Gasteiger partial charge in [-0.2, -0.15) is 4.79 Å². The third kappa shape index (κ3) is 2.53. The first-order chi connectivity index (χ1) is 8.12. The zero-order chi connectivity index (χ0) is 12.3. The van der Waals surface area contributed by atoms with Gasteiger partial charge in [0.2, 0.25) is 0 Å². The van der Waals surface area contributed by atoms with Crippen LogP contribution in [-0.2, 0) is 11.3 Å². The summed E-state index contributed by atoms with van der Waals surface area (Å²) in [6.07, 6.45) is -0.0838. The fraction of sp³-hybridized carbons (Fsp3) is 0.385. The van der Waals surface area contributed by atoms with Gasteiger partial charge in [0.05, 0.1) is 25.9 Å². The molecule has 0 radical (unpaired) electrons. The average Bonchev–Trinajstić information content (AvgIpc) is 2.33. The third-order valence-corrected chi connectivity index (χ3v) is 3.37. The molecule has 0 aromatic heterocycles.